The Morgan fingerprint density at radius 1 is 1.22 bits per heavy atom. The topological polar surface area (TPSA) is 0 Å². The normalized spacial score (nSPS) is 10.2. The SMILES string of the molecule is C.CC[B]CC(C)(C)C. The molecule has 0 nitrogen and oxygen atoms in total. The Labute approximate surface area is 61.3 Å². The summed E-state index contributed by atoms with van der Waals surface area (Å²) in [7, 11) is 2.33. The number of hydrogen-bond donors (Lipinski definition) is 0. The average Bonchev–Trinajstić information content (AvgIpc) is 1.59. The molecule has 0 aliphatic heterocycles. The average molecular weight is 127 g/mol. The van der Waals surface area contributed by atoms with Crippen LogP contribution in [-0.2, 0) is 0 Å². The molecule has 0 amide bonds. The van der Waals surface area contributed by atoms with Gasteiger partial charge in [-0.25, -0.2) is 0 Å². The van der Waals surface area contributed by atoms with E-state index in [1.807, 2.05) is 0 Å². The quantitative estimate of drug-likeness (QED) is 0.499. The molecule has 0 aliphatic carbocycles. The molecule has 0 bridgehead atoms. The molecule has 0 saturated carbocycles. The Balaban J connectivity index is 0. The summed E-state index contributed by atoms with van der Waals surface area (Å²) in [6.45, 7) is 8.98. The first-order valence-corrected chi connectivity index (χ1v) is 3.38. The van der Waals surface area contributed by atoms with Crippen molar-refractivity contribution < 1.29 is 0 Å². The molecule has 0 spiro atoms. The lowest BCUT2D eigenvalue weighted by Gasteiger charge is -2.16. The van der Waals surface area contributed by atoms with Gasteiger partial charge in [-0.15, -0.1) is 0 Å². The monoisotopic (exact) mass is 127 g/mol. The summed E-state index contributed by atoms with van der Waals surface area (Å²) in [6, 6.07) is 0. The molecule has 0 aromatic carbocycles. The van der Waals surface area contributed by atoms with Gasteiger partial charge < -0.3 is 0 Å². The second kappa shape index (κ2) is 4.90. The molecule has 0 aliphatic rings. The molecule has 1 heteroatoms. The highest BCUT2D eigenvalue weighted by Crippen LogP contribution is 2.18. The lowest BCUT2D eigenvalue weighted by Crippen LogP contribution is -2.07. The summed E-state index contributed by atoms with van der Waals surface area (Å²) in [6.07, 6.45) is 2.45. The largest absolute Gasteiger partial charge is 0.109 e. The standard InChI is InChI=1S/C7H16B.CH4/c1-5-8-6-7(2,3)4;/h5-6H2,1-4H3;1H4. The second-order valence-electron chi connectivity index (χ2n) is 3.46. The van der Waals surface area contributed by atoms with Crippen molar-refractivity contribution in [3.8, 4) is 0 Å². The summed E-state index contributed by atoms with van der Waals surface area (Å²) >= 11 is 0. The van der Waals surface area contributed by atoms with Crippen molar-refractivity contribution in [3.63, 3.8) is 0 Å². The summed E-state index contributed by atoms with van der Waals surface area (Å²) < 4.78 is 0. The molecule has 0 unspecified atom stereocenters. The van der Waals surface area contributed by atoms with E-state index in [0.29, 0.717) is 5.41 Å². The molecular formula is C8H20B. The van der Waals surface area contributed by atoms with Crippen LogP contribution in [0.2, 0.25) is 12.6 Å². The van der Waals surface area contributed by atoms with Gasteiger partial charge in [0.25, 0.3) is 0 Å². The minimum Gasteiger partial charge on any atom is -0.0831 e. The van der Waals surface area contributed by atoms with Gasteiger partial charge in [-0.05, 0) is 5.41 Å². The fourth-order valence-corrected chi connectivity index (χ4v) is 0.577. The molecule has 0 aromatic rings. The predicted molar refractivity (Wildman–Crippen MR) is 47.2 cm³/mol. The van der Waals surface area contributed by atoms with Crippen LogP contribution in [0.5, 0.6) is 0 Å². The van der Waals surface area contributed by atoms with Crippen molar-refractivity contribution in [3.05, 3.63) is 0 Å². The van der Waals surface area contributed by atoms with E-state index >= 15 is 0 Å². The maximum absolute atomic E-state index is 2.33. The molecule has 0 atom stereocenters. The van der Waals surface area contributed by atoms with Crippen molar-refractivity contribution in [2.75, 3.05) is 0 Å². The summed E-state index contributed by atoms with van der Waals surface area (Å²) in [4.78, 5) is 0. The van der Waals surface area contributed by atoms with Crippen LogP contribution in [-0.4, -0.2) is 7.28 Å². The van der Waals surface area contributed by atoms with Gasteiger partial charge in [0.05, 0.1) is 0 Å². The van der Waals surface area contributed by atoms with Crippen LogP contribution < -0.4 is 0 Å². The zero-order valence-corrected chi connectivity index (χ0v) is 6.49. The van der Waals surface area contributed by atoms with Crippen molar-refractivity contribution in [1.82, 2.24) is 0 Å². The first-order valence-electron chi connectivity index (χ1n) is 3.38. The van der Waals surface area contributed by atoms with E-state index in [4.69, 9.17) is 0 Å². The fourth-order valence-electron chi connectivity index (χ4n) is 0.577. The minimum atomic E-state index is 0. The molecule has 1 radical (unpaired) electrons. The lowest BCUT2D eigenvalue weighted by molar-refractivity contribution is 0.466. The van der Waals surface area contributed by atoms with Crippen LogP contribution in [0.3, 0.4) is 0 Å². The second-order valence-corrected chi connectivity index (χ2v) is 3.46. The van der Waals surface area contributed by atoms with Gasteiger partial charge in [-0.2, -0.15) is 0 Å². The number of rotatable bonds is 2. The Morgan fingerprint density at radius 3 is 1.78 bits per heavy atom. The maximum atomic E-state index is 2.33. The molecule has 0 fully saturated rings. The van der Waals surface area contributed by atoms with Gasteiger partial charge in [-0.3, -0.25) is 0 Å². The van der Waals surface area contributed by atoms with E-state index in [-0.39, 0.29) is 7.43 Å². The van der Waals surface area contributed by atoms with Gasteiger partial charge in [0.1, 0.15) is 7.28 Å². The third kappa shape index (κ3) is 11.6. The fraction of sp³-hybridized carbons (Fsp3) is 1.00. The summed E-state index contributed by atoms with van der Waals surface area (Å²) in [5, 5.41) is 0. The van der Waals surface area contributed by atoms with E-state index in [0.717, 1.165) is 0 Å². The van der Waals surface area contributed by atoms with E-state index in [9.17, 15) is 0 Å². The minimum absolute atomic E-state index is 0. The van der Waals surface area contributed by atoms with Crippen molar-refractivity contribution >= 4 is 7.28 Å². The van der Waals surface area contributed by atoms with Gasteiger partial charge >= 0.3 is 0 Å². The highest BCUT2D eigenvalue weighted by atomic mass is 14.1. The van der Waals surface area contributed by atoms with Crippen LogP contribution in [0, 0.1) is 5.41 Å². The first kappa shape index (κ1) is 11.8. The molecule has 0 aromatic heterocycles. The molecule has 0 rings (SSSR count). The molecule has 0 heterocycles. The molecule has 0 N–H and O–H groups in total. The van der Waals surface area contributed by atoms with Crippen LogP contribution in [0.1, 0.15) is 35.1 Å². The molecule has 0 saturated heterocycles. The van der Waals surface area contributed by atoms with E-state index in [2.05, 4.69) is 35.0 Å². The van der Waals surface area contributed by atoms with Gasteiger partial charge in [0, 0.05) is 0 Å². The zero-order chi connectivity index (χ0) is 6.62. The van der Waals surface area contributed by atoms with Crippen molar-refractivity contribution in [2.24, 2.45) is 5.41 Å². The van der Waals surface area contributed by atoms with Gasteiger partial charge in [0.2, 0.25) is 0 Å². The first-order chi connectivity index (χ1) is 3.56. The lowest BCUT2D eigenvalue weighted by atomic mass is 9.63. The van der Waals surface area contributed by atoms with Crippen molar-refractivity contribution in [1.29, 1.82) is 0 Å². The Kier molecular flexibility index (Phi) is 6.43. The molecule has 9 heavy (non-hydrogen) atoms. The molecular weight excluding hydrogens is 107 g/mol. The van der Waals surface area contributed by atoms with Gasteiger partial charge in [0.15, 0.2) is 0 Å². The van der Waals surface area contributed by atoms with E-state index in [1.54, 1.807) is 0 Å². The van der Waals surface area contributed by atoms with Crippen molar-refractivity contribution in [2.45, 2.75) is 47.8 Å². The molecule has 55 valence electrons. The maximum Gasteiger partial charge on any atom is 0.109 e. The smallest absolute Gasteiger partial charge is 0.0831 e. The third-order valence-corrected chi connectivity index (χ3v) is 1.05. The van der Waals surface area contributed by atoms with Crippen LogP contribution in [0.4, 0.5) is 0 Å². The summed E-state index contributed by atoms with van der Waals surface area (Å²) in [5.41, 5.74) is 0.496. The Morgan fingerprint density at radius 2 is 1.67 bits per heavy atom. The van der Waals surface area contributed by atoms with E-state index < -0.39 is 0 Å². The summed E-state index contributed by atoms with van der Waals surface area (Å²) in [5.74, 6) is 0. The zero-order valence-electron chi connectivity index (χ0n) is 6.49. The van der Waals surface area contributed by atoms with Crippen LogP contribution >= 0.6 is 0 Å². The Hall–Kier alpha value is 0.0649. The van der Waals surface area contributed by atoms with Crippen LogP contribution in [0.15, 0.2) is 0 Å². The highest BCUT2D eigenvalue weighted by molar-refractivity contribution is 6.35. The van der Waals surface area contributed by atoms with Crippen LogP contribution in [0.25, 0.3) is 0 Å². The number of hydrogen-bond acceptors (Lipinski definition) is 0. The van der Waals surface area contributed by atoms with Gasteiger partial charge in [-0.1, -0.05) is 47.8 Å². The van der Waals surface area contributed by atoms with E-state index in [1.165, 1.54) is 12.6 Å². The Bertz CT molecular complexity index is 52.1. The predicted octanol–water partition coefficient (Wildman–Crippen LogP) is 3.23. The highest BCUT2D eigenvalue weighted by Gasteiger charge is 2.07. The third-order valence-electron chi connectivity index (χ3n) is 1.05.